The Kier molecular flexibility index (Phi) is 6.32. The number of piperidine rings is 1. The fourth-order valence-electron chi connectivity index (χ4n) is 3.70. The molecule has 1 fully saturated rings. The summed E-state index contributed by atoms with van der Waals surface area (Å²) in [6, 6.07) is 19.2. The summed E-state index contributed by atoms with van der Waals surface area (Å²) in [7, 11) is 1.80. The van der Waals surface area contributed by atoms with Crippen LogP contribution >= 0.6 is 0 Å². The second-order valence-corrected chi connectivity index (χ2v) is 7.68. The van der Waals surface area contributed by atoms with Gasteiger partial charge in [0, 0.05) is 37.4 Å². The van der Waals surface area contributed by atoms with Crippen LogP contribution in [0.15, 0.2) is 70.3 Å². The molecule has 3 aromatic rings. The lowest BCUT2D eigenvalue weighted by Gasteiger charge is -2.34. The van der Waals surface area contributed by atoms with Crippen molar-refractivity contribution < 1.29 is 4.42 Å². The third kappa shape index (κ3) is 5.00. The molecule has 2 N–H and O–H groups in total. The molecule has 1 aliphatic rings. The van der Waals surface area contributed by atoms with Crippen molar-refractivity contribution in [2.75, 3.05) is 25.0 Å². The van der Waals surface area contributed by atoms with Crippen LogP contribution in [0.5, 0.6) is 0 Å². The number of aromatic nitrogens is 1. The summed E-state index contributed by atoms with van der Waals surface area (Å²) in [6.45, 7) is 4.72. The van der Waals surface area contributed by atoms with E-state index in [9.17, 15) is 0 Å². The number of hydrogen-bond donors (Lipinski definition) is 2. The largest absolute Gasteiger partial charge is 0.444 e. The van der Waals surface area contributed by atoms with Crippen molar-refractivity contribution in [3.63, 3.8) is 0 Å². The highest BCUT2D eigenvalue weighted by atomic mass is 16.3. The number of guanidine groups is 1. The molecule has 0 atom stereocenters. The van der Waals surface area contributed by atoms with E-state index in [1.807, 2.05) is 12.1 Å². The molecule has 0 unspecified atom stereocenters. The Labute approximate surface area is 178 Å². The van der Waals surface area contributed by atoms with Gasteiger partial charge in [-0.05, 0) is 44.0 Å². The molecular formula is C24H29N5O. The van der Waals surface area contributed by atoms with Crippen molar-refractivity contribution in [3.8, 4) is 11.5 Å². The summed E-state index contributed by atoms with van der Waals surface area (Å²) in [6.07, 6.45) is 3.86. The van der Waals surface area contributed by atoms with Gasteiger partial charge in [-0.1, -0.05) is 35.9 Å². The predicted molar refractivity (Wildman–Crippen MR) is 122 cm³/mol. The molecule has 0 spiro atoms. The number of benzene rings is 2. The summed E-state index contributed by atoms with van der Waals surface area (Å²) in [5.41, 5.74) is 4.36. The molecule has 1 saturated heterocycles. The summed E-state index contributed by atoms with van der Waals surface area (Å²) >= 11 is 0. The van der Waals surface area contributed by atoms with Gasteiger partial charge in [0.05, 0.1) is 12.2 Å². The van der Waals surface area contributed by atoms with Crippen molar-refractivity contribution in [1.82, 2.24) is 15.6 Å². The SMILES string of the molecule is CN=C(NCc1coc(-c2ccc(C)cc2)n1)NC1CCN(c2ccccc2)CC1. The first-order chi connectivity index (χ1) is 14.7. The average Bonchev–Trinajstić information content (AvgIpc) is 3.27. The molecule has 1 aromatic heterocycles. The number of nitrogens with zero attached hydrogens (tertiary/aromatic N) is 3. The number of hydrogen-bond acceptors (Lipinski definition) is 4. The monoisotopic (exact) mass is 403 g/mol. The van der Waals surface area contributed by atoms with Crippen LogP contribution in [-0.2, 0) is 6.54 Å². The highest BCUT2D eigenvalue weighted by molar-refractivity contribution is 5.80. The fourth-order valence-corrected chi connectivity index (χ4v) is 3.70. The first kappa shape index (κ1) is 20.0. The Bertz CT molecular complexity index is 957. The number of aliphatic imine (C=N–C) groups is 1. The second-order valence-electron chi connectivity index (χ2n) is 7.68. The van der Waals surface area contributed by atoms with E-state index in [1.54, 1.807) is 13.3 Å². The van der Waals surface area contributed by atoms with Crippen molar-refractivity contribution in [2.45, 2.75) is 32.4 Å². The van der Waals surface area contributed by atoms with Crippen LogP contribution in [0.3, 0.4) is 0 Å². The predicted octanol–water partition coefficient (Wildman–Crippen LogP) is 3.98. The molecule has 2 aromatic carbocycles. The molecule has 0 amide bonds. The third-order valence-corrected chi connectivity index (χ3v) is 5.47. The molecule has 30 heavy (non-hydrogen) atoms. The molecule has 0 saturated carbocycles. The van der Waals surface area contributed by atoms with Crippen LogP contribution < -0.4 is 15.5 Å². The number of nitrogens with one attached hydrogen (secondary N) is 2. The lowest BCUT2D eigenvalue weighted by molar-refractivity contribution is 0.461. The van der Waals surface area contributed by atoms with Gasteiger partial charge < -0.3 is 20.0 Å². The quantitative estimate of drug-likeness (QED) is 0.498. The summed E-state index contributed by atoms with van der Waals surface area (Å²) in [5, 5.41) is 6.90. The van der Waals surface area contributed by atoms with Gasteiger partial charge in [0.25, 0.3) is 0 Å². The Morgan fingerprint density at radius 3 is 2.53 bits per heavy atom. The van der Waals surface area contributed by atoms with E-state index in [4.69, 9.17) is 4.42 Å². The first-order valence-electron chi connectivity index (χ1n) is 10.5. The van der Waals surface area contributed by atoms with E-state index < -0.39 is 0 Å². The van der Waals surface area contributed by atoms with Crippen LogP contribution in [0.25, 0.3) is 11.5 Å². The average molecular weight is 404 g/mol. The van der Waals surface area contributed by atoms with Gasteiger partial charge in [0.1, 0.15) is 6.26 Å². The van der Waals surface area contributed by atoms with Crippen molar-refractivity contribution in [2.24, 2.45) is 4.99 Å². The number of rotatable bonds is 5. The summed E-state index contributed by atoms with van der Waals surface area (Å²) in [4.78, 5) is 11.4. The Morgan fingerprint density at radius 2 is 1.83 bits per heavy atom. The van der Waals surface area contributed by atoms with E-state index >= 15 is 0 Å². The van der Waals surface area contributed by atoms with Crippen LogP contribution in [0, 0.1) is 6.92 Å². The smallest absolute Gasteiger partial charge is 0.226 e. The van der Waals surface area contributed by atoms with Gasteiger partial charge in [-0.15, -0.1) is 0 Å². The molecule has 6 nitrogen and oxygen atoms in total. The number of anilines is 1. The molecule has 156 valence electrons. The molecular weight excluding hydrogens is 374 g/mol. The molecule has 0 radical (unpaired) electrons. The van der Waals surface area contributed by atoms with Gasteiger partial charge in [-0.25, -0.2) is 4.98 Å². The number of para-hydroxylation sites is 1. The molecule has 1 aliphatic heterocycles. The van der Waals surface area contributed by atoms with E-state index in [0.717, 1.165) is 43.1 Å². The molecule has 0 aliphatic carbocycles. The third-order valence-electron chi connectivity index (χ3n) is 5.47. The normalized spacial score (nSPS) is 15.3. The fraction of sp³-hybridized carbons (Fsp3) is 0.333. The topological polar surface area (TPSA) is 65.7 Å². The van der Waals surface area contributed by atoms with E-state index in [2.05, 4.69) is 74.9 Å². The van der Waals surface area contributed by atoms with Gasteiger partial charge in [0.15, 0.2) is 5.96 Å². The zero-order chi connectivity index (χ0) is 20.8. The summed E-state index contributed by atoms with van der Waals surface area (Å²) < 4.78 is 5.64. The van der Waals surface area contributed by atoms with E-state index in [1.165, 1.54) is 11.3 Å². The maximum atomic E-state index is 5.64. The van der Waals surface area contributed by atoms with Gasteiger partial charge in [0.2, 0.25) is 5.89 Å². The van der Waals surface area contributed by atoms with Gasteiger partial charge >= 0.3 is 0 Å². The van der Waals surface area contributed by atoms with Crippen LogP contribution in [0.2, 0.25) is 0 Å². The minimum absolute atomic E-state index is 0.414. The zero-order valence-electron chi connectivity index (χ0n) is 17.6. The Morgan fingerprint density at radius 1 is 1.10 bits per heavy atom. The minimum atomic E-state index is 0.414. The maximum absolute atomic E-state index is 5.64. The maximum Gasteiger partial charge on any atom is 0.226 e. The molecule has 0 bridgehead atoms. The highest BCUT2D eigenvalue weighted by Gasteiger charge is 2.20. The van der Waals surface area contributed by atoms with Gasteiger partial charge in [-0.2, -0.15) is 0 Å². The van der Waals surface area contributed by atoms with Crippen LogP contribution in [0.1, 0.15) is 24.1 Å². The molecule has 2 heterocycles. The standard InChI is InChI=1S/C24H29N5O/c1-18-8-10-19(11-9-18)23-27-21(17-30-23)16-26-24(25-2)28-20-12-14-29(15-13-20)22-6-4-3-5-7-22/h3-11,17,20H,12-16H2,1-2H3,(H2,25,26,28). The van der Waals surface area contributed by atoms with E-state index in [-0.39, 0.29) is 0 Å². The Hall–Kier alpha value is -3.28. The molecule has 4 rings (SSSR count). The van der Waals surface area contributed by atoms with Crippen LogP contribution in [-0.4, -0.2) is 37.1 Å². The van der Waals surface area contributed by atoms with Crippen molar-refractivity contribution in [1.29, 1.82) is 0 Å². The zero-order valence-corrected chi connectivity index (χ0v) is 17.6. The highest BCUT2D eigenvalue weighted by Crippen LogP contribution is 2.20. The van der Waals surface area contributed by atoms with Crippen molar-refractivity contribution >= 4 is 11.6 Å². The minimum Gasteiger partial charge on any atom is -0.444 e. The lowest BCUT2D eigenvalue weighted by atomic mass is 10.0. The van der Waals surface area contributed by atoms with E-state index in [0.29, 0.717) is 18.5 Å². The lowest BCUT2D eigenvalue weighted by Crippen LogP contribution is -2.48. The molecule has 6 heteroatoms. The van der Waals surface area contributed by atoms with Crippen LogP contribution in [0.4, 0.5) is 5.69 Å². The first-order valence-corrected chi connectivity index (χ1v) is 10.5. The van der Waals surface area contributed by atoms with Crippen molar-refractivity contribution in [3.05, 3.63) is 72.1 Å². The number of oxazole rings is 1. The Balaban J connectivity index is 1.26. The number of aryl methyl sites for hydroxylation is 1. The van der Waals surface area contributed by atoms with Gasteiger partial charge in [-0.3, -0.25) is 4.99 Å². The second kappa shape index (κ2) is 9.48. The summed E-state index contributed by atoms with van der Waals surface area (Å²) in [5.74, 6) is 1.44.